The van der Waals surface area contributed by atoms with E-state index in [2.05, 4.69) is 10.2 Å². The fraction of sp³-hybridized carbons (Fsp3) is 0.588. The lowest BCUT2D eigenvalue weighted by Crippen LogP contribution is -2.42. The molecule has 2 heterocycles. The second kappa shape index (κ2) is 7.21. The minimum Gasteiger partial charge on any atom is -0.385 e. The predicted molar refractivity (Wildman–Crippen MR) is 91.7 cm³/mol. The van der Waals surface area contributed by atoms with E-state index in [4.69, 9.17) is 4.74 Å². The number of amides is 1. The molecule has 7 heteroatoms. The third-order valence-electron chi connectivity index (χ3n) is 4.95. The molecule has 0 unspecified atom stereocenters. The molecule has 3 rings (SSSR count). The summed E-state index contributed by atoms with van der Waals surface area (Å²) in [6.07, 6.45) is 0.886. The first-order valence-electron chi connectivity index (χ1n) is 8.30. The molecular formula is C17H24N2O4S. The van der Waals surface area contributed by atoms with Gasteiger partial charge in [-0.25, -0.2) is 8.42 Å². The number of nitrogens with one attached hydrogen (secondary N) is 1. The molecule has 0 radical (unpaired) electrons. The van der Waals surface area contributed by atoms with Crippen LogP contribution in [0.2, 0.25) is 0 Å². The molecule has 6 nitrogen and oxygen atoms in total. The van der Waals surface area contributed by atoms with Crippen LogP contribution in [0.15, 0.2) is 30.3 Å². The molecule has 2 fully saturated rings. The summed E-state index contributed by atoms with van der Waals surface area (Å²) >= 11 is 0. The molecule has 1 amide bonds. The summed E-state index contributed by atoms with van der Waals surface area (Å²) in [5.41, 5.74) is 0.563. The molecule has 3 atom stereocenters. The molecule has 132 valence electrons. The number of methoxy groups -OCH3 is 1. The standard InChI is InChI=1S/C17H24N2O4S/c1-23-9-5-8-19-10-14-15(12-24(21,22)16(14)11-19)18-17(20)13-6-3-2-4-7-13/h2-4,6-7,14-16H,5,8-12H2,1H3,(H,18,20)/t14-,15+,16-/m0/s1. The van der Waals surface area contributed by atoms with Crippen molar-refractivity contribution in [3.63, 3.8) is 0 Å². The number of hydrogen-bond donors (Lipinski definition) is 1. The minimum atomic E-state index is -3.15. The summed E-state index contributed by atoms with van der Waals surface area (Å²) in [4.78, 5) is 14.5. The zero-order chi connectivity index (χ0) is 17.2. The lowest BCUT2D eigenvalue weighted by atomic mass is 10.00. The van der Waals surface area contributed by atoms with Crippen LogP contribution in [0, 0.1) is 5.92 Å². The summed E-state index contributed by atoms with van der Waals surface area (Å²) in [5.74, 6) is -0.174. The Hall–Kier alpha value is -1.44. The monoisotopic (exact) mass is 352 g/mol. The van der Waals surface area contributed by atoms with Crippen molar-refractivity contribution in [1.29, 1.82) is 0 Å². The van der Waals surface area contributed by atoms with Crippen molar-refractivity contribution in [3.8, 4) is 0 Å². The molecule has 0 saturated carbocycles. The van der Waals surface area contributed by atoms with E-state index >= 15 is 0 Å². The SMILES string of the molecule is COCCCN1C[C@H]2[C@H](NC(=O)c3ccccc3)CS(=O)(=O)[C@H]2C1. The van der Waals surface area contributed by atoms with Crippen LogP contribution in [0.5, 0.6) is 0 Å². The van der Waals surface area contributed by atoms with E-state index in [0.29, 0.717) is 25.3 Å². The first-order chi connectivity index (χ1) is 11.5. The van der Waals surface area contributed by atoms with Crippen molar-refractivity contribution in [2.45, 2.75) is 17.7 Å². The second-order valence-electron chi connectivity index (χ2n) is 6.58. The molecule has 2 aliphatic rings. The number of likely N-dealkylation sites (tertiary alicyclic amines) is 1. The van der Waals surface area contributed by atoms with Crippen molar-refractivity contribution < 1.29 is 17.9 Å². The van der Waals surface area contributed by atoms with Gasteiger partial charge in [0, 0.05) is 50.9 Å². The number of sulfone groups is 1. The molecule has 0 spiro atoms. The molecule has 1 N–H and O–H groups in total. The first-order valence-corrected chi connectivity index (χ1v) is 10.0. The number of benzene rings is 1. The van der Waals surface area contributed by atoms with Gasteiger partial charge in [0.25, 0.3) is 5.91 Å². The highest BCUT2D eigenvalue weighted by Gasteiger charge is 2.52. The Labute approximate surface area is 143 Å². The topological polar surface area (TPSA) is 75.7 Å². The van der Waals surface area contributed by atoms with Gasteiger partial charge in [0.1, 0.15) is 0 Å². The summed E-state index contributed by atoms with van der Waals surface area (Å²) in [5, 5.41) is 2.58. The van der Waals surface area contributed by atoms with E-state index in [0.717, 1.165) is 13.0 Å². The van der Waals surface area contributed by atoms with Crippen molar-refractivity contribution in [1.82, 2.24) is 10.2 Å². The van der Waals surface area contributed by atoms with Crippen molar-refractivity contribution in [2.24, 2.45) is 5.92 Å². The van der Waals surface area contributed by atoms with Crippen molar-refractivity contribution in [3.05, 3.63) is 35.9 Å². The first kappa shape index (κ1) is 17.4. The lowest BCUT2D eigenvalue weighted by molar-refractivity contribution is 0.0930. The maximum Gasteiger partial charge on any atom is 0.251 e. The fourth-order valence-electron chi connectivity index (χ4n) is 3.75. The molecule has 0 bridgehead atoms. The van der Waals surface area contributed by atoms with Crippen LogP contribution in [0.3, 0.4) is 0 Å². The Kier molecular flexibility index (Phi) is 5.22. The van der Waals surface area contributed by atoms with Crippen LogP contribution in [0.4, 0.5) is 0 Å². The van der Waals surface area contributed by atoms with Crippen LogP contribution in [-0.2, 0) is 14.6 Å². The van der Waals surface area contributed by atoms with Gasteiger partial charge in [0.2, 0.25) is 0 Å². The maximum atomic E-state index is 12.4. The van der Waals surface area contributed by atoms with Gasteiger partial charge in [0.05, 0.1) is 11.0 Å². The molecule has 2 saturated heterocycles. The predicted octanol–water partition coefficient (Wildman–Crippen LogP) is 0.550. The van der Waals surface area contributed by atoms with Gasteiger partial charge in [-0.3, -0.25) is 4.79 Å². The quantitative estimate of drug-likeness (QED) is 0.757. The molecule has 1 aromatic rings. The maximum absolute atomic E-state index is 12.4. The Balaban J connectivity index is 1.66. The Bertz CT molecular complexity index is 677. The highest BCUT2D eigenvalue weighted by Crippen LogP contribution is 2.34. The highest BCUT2D eigenvalue weighted by molar-refractivity contribution is 7.92. The largest absolute Gasteiger partial charge is 0.385 e. The normalized spacial score (nSPS) is 28.6. The average molecular weight is 352 g/mol. The van der Waals surface area contributed by atoms with Crippen LogP contribution >= 0.6 is 0 Å². The molecule has 0 aromatic heterocycles. The molecule has 2 aliphatic heterocycles. The number of carbonyl (C=O) groups excluding carboxylic acids is 1. The molecule has 1 aromatic carbocycles. The lowest BCUT2D eigenvalue weighted by Gasteiger charge is -2.20. The number of rotatable bonds is 6. The van der Waals surface area contributed by atoms with Crippen LogP contribution in [0.25, 0.3) is 0 Å². The van der Waals surface area contributed by atoms with Crippen LogP contribution in [0.1, 0.15) is 16.8 Å². The zero-order valence-electron chi connectivity index (χ0n) is 13.8. The van der Waals surface area contributed by atoms with Gasteiger partial charge in [0.15, 0.2) is 9.84 Å². The smallest absolute Gasteiger partial charge is 0.251 e. The fourth-order valence-corrected chi connectivity index (χ4v) is 6.07. The number of hydrogen-bond acceptors (Lipinski definition) is 5. The van der Waals surface area contributed by atoms with Gasteiger partial charge in [-0.2, -0.15) is 0 Å². The number of fused-ring (bicyclic) bond motifs is 1. The Morgan fingerprint density at radius 1 is 1.29 bits per heavy atom. The second-order valence-corrected chi connectivity index (χ2v) is 8.85. The van der Waals surface area contributed by atoms with E-state index < -0.39 is 9.84 Å². The van der Waals surface area contributed by atoms with Gasteiger partial charge in [-0.05, 0) is 18.6 Å². The van der Waals surface area contributed by atoms with E-state index in [1.807, 2.05) is 6.07 Å². The number of carbonyl (C=O) groups is 1. The van der Waals surface area contributed by atoms with Gasteiger partial charge < -0.3 is 15.0 Å². The van der Waals surface area contributed by atoms with E-state index in [9.17, 15) is 13.2 Å². The van der Waals surface area contributed by atoms with E-state index in [-0.39, 0.29) is 28.9 Å². The van der Waals surface area contributed by atoms with Crippen LogP contribution in [-0.4, -0.2) is 69.6 Å². The van der Waals surface area contributed by atoms with E-state index in [1.165, 1.54) is 0 Å². The summed E-state index contributed by atoms with van der Waals surface area (Å²) < 4.78 is 29.9. The highest BCUT2D eigenvalue weighted by atomic mass is 32.2. The number of nitrogens with zero attached hydrogens (tertiary/aromatic N) is 1. The molecular weight excluding hydrogens is 328 g/mol. The molecule has 24 heavy (non-hydrogen) atoms. The Morgan fingerprint density at radius 2 is 2.04 bits per heavy atom. The van der Waals surface area contributed by atoms with Gasteiger partial charge in [-0.1, -0.05) is 18.2 Å². The average Bonchev–Trinajstić information content (AvgIpc) is 3.08. The summed E-state index contributed by atoms with van der Waals surface area (Å²) in [6.45, 7) is 2.78. The van der Waals surface area contributed by atoms with Crippen LogP contribution < -0.4 is 5.32 Å². The van der Waals surface area contributed by atoms with Crippen molar-refractivity contribution >= 4 is 15.7 Å². The third-order valence-corrected chi connectivity index (χ3v) is 7.19. The van der Waals surface area contributed by atoms with Gasteiger partial charge >= 0.3 is 0 Å². The zero-order valence-corrected chi connectivity index (χ0v) is 14.7. The third kappa shape index (κ3) is 3.63. The molecule has 0 aliphatic carbocycles. The minimum absolute atomic E-state index is 0.0230. The van der Waals surface area contributed by atoms with Crippen molar-refractivity contribution in [2.75, 3.05) is 39.1 Å². The summed E-state index contributed by atoms with van der Waals surface area (Å²) in [6, 6.07) is 8.62. The van der Waals surface area contributed by atoms with E-state index in [1.54, 1.807) is 31.4 Å². The van der Waals surface area contributed by atoms with Gasteiger partial charge in [-0.15, -0.1) is 0 Å². The Morgan fingerprint density at radius 3 is 2.75 bits per heavy atom. The summed E-state index contributed by atoms with van der Waals surface area (Å²) in [7, 11) is -1.49. The number of ether oxygens (including phenoxy) is 1.